The number of benzene rings is 3. The van der Waals surface area contributed by atoms with Gasteiger partial charge in [0, 0.05) is 13.4 Å². The van der Waals surface area contributed by atoms with E-state index >= 15 is 0 Å². The van der Waals surface area contributed by atoms with E-state index in [1.807, 2.05) is 0 Å². The molecule has 0 unspecified atom stereocenters. The van der Waals surface area contributed by atoms with Crippen LogP contribution in [0.5, 0.6) is 0 Å². The lowest BCUT2D eigenvalue weighted by Gasteiger charge is -2.34. The summed E-state index contributed by atoms with van der Waals surface area (Å²) in [6.07, 6.45) is 0. The van der Waals surface area contributed by atoms with Crippen molar-refractivity contribution in [3.8, 4) is 0 Å². The van der Waals surface area contributed by atoms with Gasteiger partial charge < -0.3 is 13.7 Å². The molecule has 0 spiro atoms. The molecule has 168 valence electrons. The first-order chi connectivity index (χ1) is 15.5. The number of rotatable bonds is 3. The highest BCUT2D eigenvalue weighted by Crippen LogP contribution is 2.22. The first kappa shape index (κ1) is 25.3. The maximum Gasteiger partial charge on any atom is 0.467 e. The summed E-state index contributed by atoms with van der Waals surface area (Å²) in [6, 6.07) is 12.6. The van der Waals surface area contributed by atoms with Crippen LogP contribution >= 0.6 is 47.8 Å². The molecule has 1 fully saturated rings. The van der Waals surface area contributed by atoms with E-state index in [2.05, 4.69) is 126 Å². The van der Waals surface area contributed by atoms with Crippen LogP contribution in [0.4, 0.5) is 0 Å². The maximum absolute atomic E-state index is 6.53. The average molecular weight is 633 g/mol. The molecule has 3 aromatic carbocycles. The molecule has 9 heteroatoms. The fourth-order valence-corrected chi connectivity index (χ4v) is 6.78. The van der Waals surface area contributed by atoms with Gasteiger partial charge in [0.15, 0.2) is 0 Å². The Labute approximate surface area is 222 Å². The summed E-state index contributed by atoms with van der Waals surface area (Å²) in [7, 11) is -1.69. The number of hydrogen-bond donors (Lipinski definition) is 0. The van der Waals surface area contributed by atoms with Crippen LogP contribution in [0.1, 0.15) is 33.4 Å². The zero-order chi connectivity index (χ0) is 24.0. The van der Waals surface area contributed by atoms with E-state index in [-0.39, 0.29) is 0 Å². The van der Waals surface area contributed by atoms with E-state index in [4.69, 9.17) is 13.7 Å². The Morgan fingerprint density at radius 3 is 0.788 bits per heavy atom. The first-order valence-electron chi connectivity index (χ1n) is 10.8. The summed E-state index contributed by atoms with van der Waals surface area (Å²) in [5.74, 6) is 0. The monoisotopic (exact) mass is 630 g/mol. The smallest absolute Gasteiger partial charge is 0.445 e. The van der Waals surface area contributed by atoms with Gasteiger partial charge in [0.25, 0.3) is 0 Å². The summed E-state index contributed by atoms with van der Waals surface area (Å²) in [4.78, 5) is 0. The van der Waals surface area contributed by atoms with E-state index in [0.29, 0.717) is 0 Å². The Morgan fingerprint density at radius 1 is 0.424 bits per heavy atom. The van der Waals surface area contributed by atoms with Crippen LogP contribution in [0.25, 0.3) is 0 Å². The summed E-state index contributed by atoms with van der Waals surface area (Å²) in [5.41, 5.74) is 9.78. The van der Waals surface area contributed by atoms with Crippen LogP contribution in [0.2, 0.25) is 0 Å². The van der Waals surface area contributed by atoms with Crippen molar-refractivity contribution in [2.24, 2.45) is 0 Å². The highest BCUT2D eigenvalue weighted by atomic mass is 79.9. The van der Waals surface area contributed by atoms with Gasteiger partial charge in [0.2, 0.25) is 0 Å². The van der Waals surface area contributed by atoms with Crippen LogP contribution in [-0.2, 0) is 13.7 Å². The lowest BCUT2D eigenvalue weighted by molar-refractivity contribution is 0.308. The molecular formula is C24H24B3Br3O3. The van der Waals surface area contributed by atoms with Gasteiger partial charge in [-0.05, 0) is 94.3 Å². The Balaban J connectivity index is 1.85. The van der Waals surface area contributed by atoms with Crippen LogP contribution < -0.4 is 16.4 Å². The standard InChI is InChI=1S/C24H24B3Br3O3/c1-13-7-19(28)8-14(2)22(13)25-31-26(23-15(3)9-20(29)10-16(23)4)33-27(32-25)24-17(5)11-21(30)12-18(24)6/h7-12H,1-6H3. The summed E-state index contributed by atoms with van der Waals surface area (Å²) < 4.78 is 22.7. The first-order valence-corrected chi connectivity index (χ1v) is 13.2. The fourth-order valence-electron chi connectivity index (χ4n) is 4.72. The predicted molar refractivity (Wildman–Crippen MR) is 150 cm³/mol. The van der Waals surface area contributed by atoms with Gasteiger partial charge in [-0.25, -0.2) is 0 Å². The van der Waals surface area contributed by atoms with Gasteiger partial charge in [-0.3, -0.25) is 0 Å². The molecule has 0 aliphatic carbocycles. The summed E-state index contributed by atoms with van der Waals surface area (Å²) >= 11 is 10.8. The minimum Gasteiger partial charge on any atom is -0.445 e. The molecule has 0 atom stereocenters. The lowest BCUT2D eigenvalue weighted by Crippen LogP contribution is -2.63. The van der Waals surface area contributed by atoms with Gasteiger partial charge in [-0.1, -0.05) is 81.2 Å². The second-order valence-corrected chi connectivity index (χ2v) is 11.5. The molecule has 0 saturated carbocycles. The topological polar surface area (TPSA) is 27.7 Å². The van der Waals surface area contributed by atoms with Crippen molar-refractivity contribution >= 4 is 85.5 Å². The van der Waals surface area contributed by atoms with Crippen molar-refractivity contribution < 1.29 is 13.7 Å². The van der Waals surface area contributed by atoms with Crippen LogP contribution in [-0.4, -0.2) is 21.4 Å². The van der Waals surface area contributed by atoms with E-state index in [1.165, 1.54) is 0 Å². The molecule has 0 aromatic heterocycles. The van der Waals surface area contributed by atoms with Gasteiger partial charge >= 0.3 is 21.4 Å². The SMILES string of the molecule is Cc1cc(Br)cc(C)c1B1OB(c2c(C)cc(Br)cc2C)OB(c2c(C)cc(Br)cc2C)O1. The molecular weight excluding hydrogens is 608 g/mol. The van der Waals surface area contributed by atoms with Crippen LogP contribution in [0.3, 0.4) is 0 Å². The number of aryl methyl sites for hydroxylation is 6. The van der Waals surface area contributed by atoms with Gasteiger partial charge in [-0.2, -0.15) is 0 Å². The number of hydrogen-bond acceptors (Lipinski definition) is 3. The Bertz CT molecular complexity index is 1010. The highest BCUT2D eigenvalue weighted by Gasteiger charge is 2.46. The Hall–Kier alpha value is -0.825. The minimum absolute atomic E-state index is 0.563. The van der Waals surface area contributed by atoms with Crippen molar-refractivity contribution in [1.82, 2.24) is 0 Å². The fraction of sp³-hybridized carbons (Fsp3) is 0.250. The molecule has 1 aliphatic heterocycles. The van der Waals surface area contributed by atoms with E-state index < -0.39 is 21.4 Å². The largest absolute Gasteiger partial charge is 0.467 e. The molecule has 3 aromatic rings. The van der Waals surface area contributed by atoms with E-state index in [1.54, 1.807) is 0 Å². The number of halogens is 3. The maximum atomic E-state index is 6.53. The van der Waals surface area contributed by atoms with Crippen LogP contribution in [0, 0.1) is 41.5 Å². The molecule has 0 bridgehead atoms. The Kier molecular flexibility index (Phi) is 7.69. The van der Waals surface area contributed by atoms with Gasteiger partial charge in [0.1, 0.15) is 0 Å². The zero-order valence-electron chi connectivity index (χ0n) is 19.6. The molecule has 4 rings (SSSR count). The van der Waals surface area contributed by atoms with Crippen molar-refractivity contribution in [3.05, 3.63) is 83.2 Å². The lowest BCUT2D eigenvalue weighted by atomic mass is 9.58. The van der Waals surface area contributed by atoms with E-state index in [9.17, 15) is 0 Å². The second kappa shape index (κ2) is 10.0. The van der Waals surface area contributed by atoms with Gasteiger partial charge in [-0.15, -0.1) is 0 Å². The third kappa shape index (κ3) is 5.24. The quantitative estimate of drug-likeness (QED) is 0.364. The second-order valence-electron chi connectivity index (χ2n) is 8.76. The molecule has 0 amide bonds. The van der Waals surface area contributed by atoms with Crippen molar-refractivity contribution in [1.29, 1.82) is 0 Å². The normalized spacial score (nSPS) is 14.3. The van der Waals surface area contributed by atoms with Crippen molar-refractivity contribution in [2.75, 3.05) is 0 Å². The molecule has 0 N–H and O–H groups in total. The predicted octanol–water partition coefficient (Wildman–Crippen LogP) is 5.37. The Morgan fingerprint density at radius 2 is 0.606 bits per heavy atom. The molecule has 1 aliphatic rings. The highest BCUT2D eigenvalue weighted by molar-refractivity contribution is 9.11. The molecule has 1 heterocycles. The third-order valence-corrected chi connectivity index (χ3v) is 7.50. The molecule has 33 heavy (non-hydrogen) atoms. The molecule has 0 radical (unpaired) electrons. The van der Waals surface area contributed by atoms with Crippen molar-refractivity contribution in [3.63, 3.8) is 0 Å². The third-order valence-electron chi connectivity index (χ3n) is 6.12. The van der Waals surface area contributed by atoms with Gasteiger partial charge in [0.05, 0.1) is 0 Å². The average Bonchev–Trinajstić information content (AvgIpc) is 2.65. The van der Waals surface area contributed by atoms with Crippen molar-refractivity contribution in [2.45, 2.75) is 41.5 Å². The van der Waals surface area contributed by atoms with Crippen LogP contribution in [0.15, 0.2) is 49.8 Å². The molecule has 1 saturated heterocycles. The van der Waals surface area contributed by atoms with E-state index in [0.717, 1.165) is 63.2 Å². The summed E-state index contributed by atoms with van der Waals surface area (Å²) in [6.45, 7) is 12.5. The minimum atomic E-state index is -0.563. The molecule has 3 nitrogen and oxygen atoms in total. The zero-order valence-corrected chi connectivity index (χ0v) is 24.3. The summed E-state index contributed by atoms with van der Waals surface area (Å²) in [5, 5.41) is 0.